The summed E-state index contributed by atoms with van der Waals surface area (Å²) >= 11 is 0. The first-order valence-electron chi connectivity index (χ1n) is 10.5. The third-order valence-corrected chi connectivity index (χ3v) is 5.72. The number of amides is 1. The molecule has 2 aliphatic rings. The molecule has 2 aromatic rings. The van der Waals surface area contributed by atoms with E-state index < -0.39 is 0 Å². The van der Waals surface area contributed by atoms with E-state index in [2.05, 4.69) is 5.32 Å². The Hall–Kier alpha value is -3.32. The molecule has 1 amide bonds. The van der Waals surface area contributed by atoms with Crippen LogP contribution >= 0.6 is 0 Å². The summed E-state index contributed by atoms with van der Waals surface area (Å²) in [5, 5.41) is 2.80. The van der Waals surface area contributed by atoms with E-state index >= 15 is 0 Å². The number of benzene rings is 2. The van der Waals surface area contributed by atoms with Gasteiger partial charge in [-0.05, 0) is 32.4 Å². The molecule has 1 saturated heterocycles. The molecular weight excluding hydrogens is 396 g/mol. The summed E-state index contributed by atoms with van der Waals surface area (Å²) in [4.78, 5) is 52.6. The molecule has 1 fully saturated rings. The molecule has 1 aliphatic heterocycles. The fraction of sp³-hybridized carbons (Fsp3) is 0.333. The van der Waals surface area contributed by atoms with Crippen LogP contribution in [0.15, 0.2) is 42.5 Å². The van der Waals surface area contributed by atoms with E-state index in [4.69, 9.17) is 4.74 Å². The Bertz CT molecular complexity index is 1060. The Morgan fingerprint density at radius 3 is 2.48 bits per heavy atom. The quantitative estimate of drug-likeness (QED) is 0.638. The van der Waals surface area contributed by atoms with Crippen molar-refractivity contribution >= 4 is 29.1 Å². The van der Waals surface area contributed by atoms with E-state index in [1.165, 1.54) is 0 Å². The number of anilines is 1. The molecule has 160 valence electrons. The summed E-state index contributed by atoms with van der Waals surface area (Å²) in [6.45, 7) is 3.38. The standard InChI is InChI=1S/C24H24N2O5/c1-2-31-24(30)15-7-6-12-26(13-15)14-20(27)25-19-11-5-10-18-21(19)23(29)17-9-4-3-8-16(17)22(18)28/h3-5,8-11,15H,2,6-7,12-14H2,1H3,(H,25,27)/t15-/m1/s1. The topological polar surface area (TPSA) is 92.8 Å². The highest BCUT2D eigenvalue weighted by atomic mass is 16.5. The second kappa shape index (κ2) is 8.81. The second-order valence-electron chi connectivity index (χ2n) is 7.81. The Kier molecular flexibility index (Phi) is 5.95. The van der Waals surface area contributed by atoms with Crippen molar-refractivity contribution in [3.8, 4) is 0 Å². The summed E-state index contributed by atoms with van der Waals surface area (Å²) in [5.41, 5.74) is 1.57. The Morgan fingerprint density at radius 2 is 1.74 bits per heavy atom. The van der Waals surface area contributed by atoms with Crippen LogP contribution in [-0.4, -0.2) is 54.6 Å². The Balaban J connectivity index is 1.49. The molecule has 4 rings (SSSR count). The lowest BCUT2D eigenvalue weighted by atomic mass is 9.83. The number of hydrogen-bond acceptors (Lipinski definition) is 6. The van der Waals surface area contributed by atoms with Crippen LogP contribution in [0, 0.1) is 5.92 Å². The largest absolute Gasteiger partial charge is 0.466 e. The van der Waals surface area contributed by atoms with Crippen molar-refractivity contribution in [3.63, 3.8) is 0 Å². The predicted molar refractivity (Wildman–Crippen MR) is 114 cm³/mol. The van der Waals surface area contributed by atoms with Crippen LogP contribution in [0.25, 0.3) is 0 Å². The summed E-state index contributed by atoms with van der Waals surface area (Å²) in [5.74, 6) is -1.26. The van der Waals surface area contributed by atoms with Gasteiger partial charge in [-0.15, -0.1) is 0 Å². The first kappa shape index (κ1) is 20.9. The van der Waals surface area contributed by atoms with Crippen LogP contribution in [0.4, 0.5) is 5.69 Å². The minimum Gasteiger partial charge on any atom is -0.466 e. The first-order chi connectivity index (χ1) is 15.0. The summed E-state index contributed by atoms with van der Waals surface area (Å²) in [6.07, 6.45) is 1.56. The minimum atomic E-state index is -0.294. The fourth-order valence-corrected chi connectivity index (χ4v) is 4.29. The van der Waals surface area contributed by atoms with Gasteiger partial charge < -0.3 is 10.1 Å². The number of carbonyl (C=O) groups excluding carboxylic acids is 4. The summed E-state index contributed by atoms with van der Waals surface area (Å²) in [7, 11) is 0. The lowest BCUT2D eigenvalue weighted by molar-refractivity contribution is -0.150. The van der Waals surface area contributed by atoms with Gasteiger partial charge in [-0.1, -0.05) is 36.4 Å². The van der Waals surface area contributed by atoms with Gasteiger partial charge in [-0.3, -0.25) is 24.1 Å². The van der Waals surface area contributed by atoms with Gasteiger partial charge >= 0.3 is 5.97 Å². The van der Waals surface area contributed by atoms with E-state index in [1.54, 1.807) is 49.4 Å². The third-order valence-electron chi connectivity index (χ3n) is 5.72. The maximum Gasteiger partial charge on any atom is 0.310 e. The van der Waals surface area contributed by atoms with Gasteiger partial charge in [-0.2, -0.15) is 0 Å². The van der Waals surface area contributed by atoms with E-state index in [0.717, 1.165) is 12.8 Å². The number of nitrogens with zero attached hydrogens (tertiary/aromatic N) is 1. The average Bonchev–Trinajstić information content (AvgIpc) is 2.77. The molecule has 1 aliphatic carbocycles. The Morgan fingerprint density at radius 1 is 1.03 bits per heavy atom. The zero-order valence-corrected chi connectivity index (χ0v) is 17.3. The first-order valence-corrected chi connectivity index (χ1v) is 10.5. The zero-order valence-electron chi connectivity index (χ0n) is 17.3. The molecule has 7 nitrogen and oxygen atoms in total. The number of likely N-dealkylation sites (tertiary alicyclic amines) is 1. The molecule has 7 heteroatoms. The third kappa shape index (κ3) is 4.14. The van der Waals surface area contributed by atoms with Gasteiger partial charge in [0, 0.05) is 23.2 Å². The number of fused-ring (bicyclic) bond motifs is 2. The molecule has 2 aromatic carbocycles. The maximum atomic E-state index is 13.1. The van der Waals surface area contributed by atoms with Crippen LogP contribution in [0.2, 0.25) is 0 Å². The van der Waals surface area contributed by atoms with Gasteiger partial charge in [0.05, 0.1) is 30.3 Å². The minimum absolute atomic E-state index is 0.0955. The van der Waals surface area contributed by atoms with Gasteiger partial charge in [0.1, 0.15) is 0 Å². The predicted octanol–water partition coefficient (Wildman–Crippen LogP) is 2.68. The number of hydrogen-bond donors (Lipinski definition) is 1. The van der Waals surface area contributed by atoms with Gasteiger partial charge in [0.2, 0.25) is 5.91 Å². The summed E-state index contributed by atoms with van der Waals surface area (Å²) in [6, 6.07) is 11.6. The molecule has 0 radical (unpaired) electrons. The highest BCUT2D eigenvalue weighted by Gasteiger charge is 2.32. The van der Waals surface area contributed by atoms with Crippen LogP contribution in [0.5, 0.6) is 0 Å². The van der Waals surface area contributed by atoms with Crippen molar-refractivity contribution in [2.75, 3.05) is 31.6 Å². The normalized spacial score (nSPS) is 18.2. The highest BCUT2D eigenvalue weighted by molar-refractivity contribution is 6.30. The average molecular weight is 420 g/mol. The molecule has 31 heavy (non-hydrogen) atoms. The van der Waals surface area contributed by atoms with Crippen molar-refractivity contribution in [2.45, 2.75) is 19.8 Å². The highest BCUT2D eigenvalue weighted by Crippen LogP contribution is 2.32. The fourth-order valence-electron chi connectivity index (χ4n) is 4.29. The van der Waals surface area contributed by atoms with Crippen molar-refractivity contribution in [3.05, 3.63) is 64.7 Å². The van der Waals surface area contributed by atoms with Crippen molar-refractivity contribution in [2.24, 2.45) is 5.92 Å². The maximum absolute atomic E-state index is 13.1. The van der Waals surface area contributed by atoms with E-state index in [-0.39, 0.29) is 41.5 Å². The molecule has 1 atom stereocenters. The smallest absolute Gasteiger partial charge is 0.310 e. The van der Waals surface area contributed by atoms with Crippen molar-refractivity contribution < 1.29 is 23.9 Å². The molecule has 0 unspecified atom stereocenters. The van der Waals surface area contributed by atoms with Crippen LogP contribution in [0.3, 0.4) is 0 Å². The number of ether oxygens (including phenoxy) is 1. The number of carbonyl (C=O) groups is 4. The second-order valence-corrected chi connectivity index (χ2v) is 7.81. The van der Waals surface area contributed by atoms with Crippen LogP contribution in [-0.2, 0) is 14.3 Å². The number of piperidine rings is 1. The van der Waals surface area contributed by atoms with E-state index in [0.29, 0.717) is 42.1 Å². The number of esters is 1. The number of nitrogens with one attached hydrogen (secondary N) is 1. The lowest BCUT2D eigenvalue weighted by Crippen LogP contribution is -2.43. The van der Waals surface area contributed by atoms with E-state index in [9.17, 15) is 19.2 Å². The van der Waals surface area contributed by atoms with E-state index in [1.807, 2.05) is 4.90 Å². The van der Waals surface area contributed by atoms with Gasteiger partial charge in [-0.25, -0.2) is 0 Å². The molecule has 0 bridgehead atoms. The lowest BCUT2D eigenvalue weighted by Gasteiger charge is -2.31. The molecule has 0 aromatic heterocycles. The number of rotatable bonds is 5. The molecule has 0 spiro atoms. The molecule has 1 heterocycles. The molecular formula is C24H24N2O5. The van der Waals surface area contributed by atoms with Crippen molar-refractivity contribution in [1.29, 1.82) is 0 Å². The van der Waals surface area contributed by atoms with Gasteiger partial charge in [0.25, 0.3) is 0 Å². The number of ketones is 2. The SMILES string of the molecule is CCOC(=O)[C@@H]1CCCN(CC(=O)Nc2cccc3c2C(=O)c2ccccc2C3=O)C1. The Labute approximate surface area is 180 Å². The van der Waals surface area contributed by atoms with Crippen LogP contribution < -0.4 is 5.32 Å². The molecule has 1 N–H and O–H groups in total. The van der Waals surface area contributed by atoms with Gasteiger partial charge in [0.15, 0.2) is 11.6 Å². The summed E-state index contributed by atoms with van der Waals surface area (Å²) < 4.78 is 5.11. The van der Waals surface area contributed by atoms with Crippen molar-refractivity contribution in [1.82, 2.24) is 4.90 Å². The monoisotopic (exact) mass is 420 g/mol. The van der Waals surface area contributed by atoms with Crippen LogP contribution in [0.1, 0.15) is 51.6 Å². The molecule has 0 saturated carbocycles. The zero-order chi connectivity index (χ0) is 22.0.